The van der Waals surface area contributed by atoms with Gasteiger partial charge in [-0.2, -0.15) is 0 Å². The molecule has 7 heteroatoms. The fraction of sp³-hybridized carbons (Fsp3) is 1.00. The van der Waals surface area contributed by atoms with E-state index < -0.39 is 10.0 Å². The van der Waals surface area contributed by atoms with Crippen molar-refractivity contribution >= 4 is 10.0 Å². The maximum Gasteiger partial charge on any atom is 0.208 e. The summed E-state index contributed by atoms with van der Waals surface area (Å²) >= 11 is 0. The highest BCUT2D eigenvalue weighted by atomic mass is 32.2. The van der Waals surface area contributed by atoms with E-state index in [-0.39, 0.29) is 11.6 Å². The van der Waals surface area contributed by atoms with Gasteiger partial charge in [0.2, 0.25) is 10.0 Å². The third kappa shape index (κ3) is 4.41. The molecule has 22 heavy (non-hydrogen) atoms. The number of hydrogen-bond donors (Lipinski definition) is 1. The molecule has 0 unspecified atom stereocenters. The summed E-state index contributed by atoms with van der Waals surface area (Å²) < 4.78 is 37.2. The number of sulfonamides is 1. The van der Waals surface area contributed by atoms with Gasteiger partial charge in [0.15, 0.2) is 0 Å². The van der Waals surface area contributed by atoms with Crippen LogP contribution >= 0.6 is 0 Å². The molecule has 0 amide bonds. The fourth-order valence-corrected chi connectivity index (χ4v) is 4.90. The number of likely N-dealkylation sites (tertiary alicyclic amines) is 1. The Bertz CT molecular complexity index is 478. The van der Waals surface area contributed by atoms with Crippen molar-refractivity contribution in [1.82, 2.24) is 9.62 Å². The first-order chi connectivity index (χ1) is 10.4. The highest BCUT2D eigenvalue weighted by Gasteiger charge is 2.44. The van der Waals surface area contributed by atoms with Crippen LogP contribution in [0.3, 0.4) is 0 Å². The van der Waals surface area contributed by atoms with Gasteiger partial charge in [-0.25, -0.2) is 13.1 Å². The average Bonchev–Trinajstić information content (AvgIpc) is 2.80. The van der Waals surface area contributed by atoms with Gasteiger partial charge in [0.1, 0.15) is 0 Å². The van der Waals surface area contributed by atoms with E-state index in [4.69, 9.17) is 9.47 Å². The summed E-state index contributed by atoms with van der Waals surface area (Å²) in [5, 5.41) is 0. The van der Waals surface area contributed by atoms with Gasteiger partial charge in [0, 0.05) is 45.5 Å². The summed E-state index contributed by atoms with van der Waals surface area (Å²) in [7, 11) is -3.14. The molecule has 2 atom stereocenters. The van der Waals surface area contributed by atoms with Crippen LogP contribution < -0.4 is 4.72 Å². The second-order valence-corrected chi connectivity index (χ2v) is 8.93. The maximum absolute atomic E-state index is 11.5. The Hall–Kier alpha value is -0.210. The van der Waals surface area contributed by atoms with Gasteiger partial charge in [0.05, 0.1) is 11.9 Å². The van der Waals surface area contributed by atoms with Crippen LogP contribution in [-0.2, 0) is 19.5 Å². The first kappa shape index (κ1) is 16.6. The molecule has 0 aliphatic carbocycles. The van der Waals surface area contributed by atoms with Crippen molar-refractivity contribution in [2.24, 2.45) is 5.92 Å². The first-order valence-electron chi connectivity index (χ1n) is 8.36. The lowest BCUT2D eigenvalue weighted by Crippen LogP contribution is -2.49. The van der Waals surface area contributed by atoms with Crippen LogP contribution in [0.1, 0.15) is 32.1 Å². The summed E-state index contributed by atoms with van der Waals surface area (Å²) in [5.41, 5.74) is -0.147. The molecule has 3 aliphatic heterocycles. The van der Waals surface area contributed by atoms with Crippen LogP contribution in [0, 0.1) is 5.92 Å². The van der Waals surface area contributed by atoms with E-state index >= 15 is 0 Å². The first-order valence-corrected chi connectivity index (χ1v) is 10.2. The molecular weight excluding hydrogens is 304 g/mol. The Kier molecular flexibility index (Phi) is 5.09. The molecule has 3 saturated heterocycles. The molecule has 0 radical (unpaired) electrons. The third-order valence-corrected chi connectivity index (χ3v) is 5.89. The lowest BCUT2D eigenvalue weighted by atomic mass is 9.90. The molecule has 3 fully saturated rings. The Morgan fingerprint density at radius 2 is 2.00 bits per heavy atom. The fourth-order valence-electron chi connectivity index (χ4n) is 4.09. The molecular formula is C15H28N2O4S. The van der Waals surface area contributed by atoms with Crippen LogP contribution in [0.2, 0.25) is 0 Å². The van der Waals surface area contributed by atoms with E-state index in [0.717, 1.165) is 70.9 Å². The van der Waals surface area contributed by atoms with Crippen molar-refractivity contribution in [1.29, 1.82) is 0 Å². The van der Waals surface area contributed by atoms with Crippen LogP contribution in [0.15, 0.2) is 0 Å². The van der Waals surface area contributed by atoms with E-state index in [9.17, 15) is 8.42 Å². The summed E-state index contributed by atoms with van der Waals surface area (Å²) in [6.45, 7) is 5.55. The van der Waals surface area contributed by atoms with Crippen molar-refractivity contribution in [3.63, 3.8) is 0 Å². The lowest BCUT2D eigenvalue weighted by Gasteiger charge is -2.38. The van der Waals surface area contributed by atoms with Crippen molar-refractivity contribution in [3.8, 4) is 0 Å². The Balaban J connectivity index is 1.53. The zero-order chi connectivity index (χ0) is 15.6. The topological polar surface area (TPSA) is 67.9 Å². The van der Waals surface area contributed by atoms with Crippen molar-refractivity contribution in [2.75, 3.05) is 45.7 Å². The number of nitrogens with one attached hydrogen (secondary N) is 1. The molecule has 0 aromatic rings. The molecule has 3 aliphatic rings. The van der Waals surface area contributed by atoms with Crippen LogP contribution in [0.4, 0.5) is 0 Å². The standard InChI is InChI=1S/C15H28N2O4S/c1-22(18,19)16-14-4-9-21-15(10-14)5-6-17(12-15)11-13-2-7-20-8-3-13/h13-14,16H,2-12H2,1H3/t14-,15-/m1/s1. The SMILES string of the molecule is CS(=O)(=O)N[C@@H]1CCO[C@]2(CCN(CC3CCOCC3)C2)C1. The number of nitrogens with zero attached hydrogens (tertiary/aromatic N) is 1. The second kappa shape index (κ2) is 6.73. The molecule has 128 valence electrons. The molecule has 0 bridgehead atoms. The number of rotatable bonds is 4. The number of ether oxygens (including phenoxy) is 2. The minimum absolute atomic E-state index is 0.0202. The van der Waals surface area contributed by atoms with E-state index in [1.165, 1.54) is 6.26 Å². The summed E-state index contributed by atoms with van der Waals surface area (Å²) in [6.07, 6.45) is 6.13. The highest BCUT2D eigenvalue weighted by molar-refractivity contribution is 7.88. The van der Waals surface area contributed by atoms with Crippen LogP contribution in [0.25, 0.3) is 0 Å². The molecule has 0 aromatic carbocycles. The van der Waals surface area contributed by atoms with E-state index in [2.05, 4.69) is 9.62 Å². The van der Waals surface area contributed by atoms with E-state index in [0.29, 0.717) is 6.61 Å². The van der Waals surface area contributed by atoms with E-state index in [1.54, 1.807) is 0 Å². The van der Waals surface area contributed by atoms with Crippen LogP contribution in [0.5, 0.6) is 0 Å². The zero-order valence-electron chi connectivity index (χ0n) is 13.4. The quantitative estimate of drug-likeness (QED) is 0.816. The predicted octanol–water partition coefficient (Wildman–Crippen LogP) is 0.586. The minimum atomic E-state index is -3.14. The Labute approximate surface area is 133 Å². The molecule has 3 heterocycles. The Morgan fingerprint density at radius 1 is 1.23 bits per heavy atom. The normalized spacial score (nSPS) is 35.2. The largest absolute Gasteiger partial charge is 0.381 e. The number of hydrogen-bond acceptors (Lipinski definition) is 5. The minimum Gasteiger partial charge on any atom is -0.381 e. The van der Waals surface area contributed by atoms with Gasteiger partial charge in [-0.15, -0.1) is 0 Å². The second-order valence-electron chi connectivity index (χ2n) is 7.15. The third-order valence-electron chi connectivity index (χ3n) is 5.13. The van der Waals surface area contributed by atoms with Crippen molar-refractivity contribution in [2.45, 2.75) is 43.7 Å². The monoisotopic (exact) mass is 332 g/mol. The zero-order valence-corrected chi connectivity index (χ0v) is 14.2. The maximum atomic E-state index is 11.5. The van der Waals surface area contributed by atoms with Crippen molar-refractivity contribution < 1.29 is 17.9 Å². The van der Waals surface area contributed by atoms with Crippen LogP contribution in [-0.4, -0.2) is 70.7 Å². The van der Waals surface area contributed by atoms with Gasteiger partial charge in [-0.05, 0) is 38.0 Å². The summed E-state index contributed by atoms with van der Waals surface area (Å²) in [4.78, 5) is 2.50. The molecule has 6 nitrogen and oxygen atoms in total. The highest BCUT2D eigenvalue weighted by Crippen LogP contribution is 2.35. The molecule has 1 spiro atoms. The van der Waals surface area contributed by atoms with Gasteiger partial charge >= 0.3 is 0 Å². The Morgan fingerprint density at radius 3 is 2.73 bits per heavy atom. The lowest BCUT2D eigenvalue weighted by molar-refractivity contribution is -0.0785. The van der Waals surface area contributed by atoms with Gasteiger partial charge in [-0.3, -0.25) is 0 Å². The molecule has 0 aromatic heterocycles. The summed E-state index contributed by atoms with van der Waals surface area (Å²) in [6, 6.07) is 0.0202. The van der Waals surface area contributed by atoms with Gasteiger partial charge < -0.3 is 14.4 Å². The molecule has 3 rings (SSSR count). The molecule has 1 N–H and O–H groups in total. The van der Waals surface area contributed by atoms with E-state index in [1.807, 2.05) is 0 Å². The average molecular weight is 332 g/mol. The smallest absolute Gasteiger partial charge is 0.208 e. The predicted molar refractivity (Wildman–Crippen MR) is 84.3 cm³/mol. The summed E-state index contributed by atoms with van der Waals surface area (Å²) in [5.74, 6) is 0.734. The van der Waals surface area contributed by atoms with Crippen molar-refractivity contribution in [3.05, 3.63) is 0 Å². The van der Waals surface area contributed by atoms with Gasteiger partial charge in [0.25, 0.3) is 0 Å². The molecule has 0 saturated carbocycles. The van der Waals surface area contributed by atoms with Gasteiger partial charge in [-0.1, -0.05) is 0 Å².